The lowest BCUT2D eigenvalue weighted by atomic mass is 9.84. The molecular formula is C34H61N5O5. The molecule has 2 heterocycles. The number of nitrogens with zero attached hydrogens (tertiary/aromatic N) is 3. The molecule has 0 aromatic rings. The number of amides is 4. The van der Waals surface area contributed by atoms with Crippen LogP contribution in [0.2, 0.25) is 0 Å². The Bertz CT molecular complexity index is 1030. The average molecular weight is 620 g/mol. The third-order valence-electron chi connectivity index (χ3n) is 9.29. The zero-order chi connectivity index (χ0) is 33.5. The van der Waals surface area contributed by atoms with Crippen molar-refractivity contribution in [1.82, 2.24) is 25.3 Å². The standard InChI is InChI=1S/C34H61N5O5/c1-21(2)25(20-40)35-30(41)27-16-14-18-39(27)32(43)24(7)19-28(22(3)4)37(11)33(44)29(34(8,9)10)36-31(42)26-15-12-13-17-38(26)23(5)6/h19,21-23,25-29,40H,12-18,20H2,1-11H3,(H,35,41)(H,36,42)/t25-,26?,27+,28-,29-/m1/s1. The van der Waals surface area contributed by atoms with Crippen molar-refractivity contribution in [2.24, 2.45) is 17.3 Å². The minimum Gasteiger partial charge on any atom is -0.394 e. The molecule has 0 aliphatic carbocycles. The quantitative estimate of drug-likeness (QED) is 0.288. The van der Waals surface area contributed by atoms with Gasteiger partial charge in [-0.3, -0.25) is 24.1 Å². The van der Waals surface area contributed by atoms with Gasteiger partial charge in [0.05, 0.1) is 24.7 Å². The topological polar surface area (TPSA) is 122 Å². The molecule has 2 aliphatic rings. The number of aliphatic hydroxyl groups excluding tert-OH is 1. The van der Waals surface area contributed by atoms with E-state index in [9.17, 15) is 24.3 Å². The van der Waals surface area contributed by atoms with Gasteiger partial charge in [-0.2, -0.15) is 0 Å². The highest BCUT2D eigenvalue weighted by Crippen LogP contribution is 2.27. The lowest BCUT2D eigenvalue weighted by Crippen LogP contribution is -2.60. The van der Waals surface area contributed by atoms with Gasteiger partial charge in [0.1, 0.15) is 12.1 Å². The van der Waals surface area contributed by atoms with Gasteiger partial charge in [-0.15, -0.1) is 0 Å². The molecule has 2 rings (SSSR count). The van der Waals surface area contributed by atoms with Crippen molar-refractivity contribution in [3.05, 3.63) is 11.6 Å². The van der Waals surface area contributed by atoms with E-state index in [2.05, 4.69) is 29.4 Å². The van der Waals surface area contributed by atoms with Crippen LogP contribution < -0.4 is 10.6 Å². The van der Waals surface area contributed by atoms with Crippen LogP contribution in [0.4, 0.5) is 0 Å². The third-order valence-corrected chi connectivity index (χ3v) is 9.29. The second-order valence-electron chi connectivity index (χ2n) is 14.9. The van der Waals surface area contributed by atoms with Gasteiger partial charge in [0.25, 0.3) is 0 Å². The van der Waals surface area contributed by atoms with Crippen molar-refractivity contribution in [1.29, 1.82) is 0 Å². The first kappa shape index (κ1) is 37.7. The summed E-state index contributed by atoms with van der Waals surface area (Å²) in [7, 11) is 1.74. The number of carbonyl (C=O) groups excluding carboxylic acids is 4. The van der Waals surface area contributed by atoms with Crippen molar-refractivity contribution < 1.29 is 24.3 Å². The monoisotopic (exact) mass is 619 g/mol. The predicted molar refractivity (Wildman–Crippen MR) is 175 cm³/mol. The van der Waals surface area contributed by atoms with Crippen LogP contribution in [-0.4, -0.2) is 106 Å². The number of nitrogens with one attached hydrogen (secondary N) is 2. The largest absolute Gasteiger partial charge is 0.394 e. The number of carbonyl (C=O) groups is 4. The van der Waals surface area contributed by atoms with Crippen LogP contribution in [0.3, 0.4) is 0 Å². The Kier molecular flexibility index (Phi) is 13.9. The SMILES string of the molecule is CC(=C[C@H](C(C)C)N(C)C(=O)[C@@H](NC(=O)C1CCCCN1C(C)C)C(C)(C)C)C(=O)N1CCC[C@H]1C(=O)N[C@H](CO)C(C)C. The summed E-state index contributed by atoms with van der Waals surface area (Å²) in [6.07, 6.45) is 5.94. The van der Waals surface area contributed by atoms with E-state index in [0.717, 1.165) is 32.2 Å². The van der Waals surface area contributed by atoms with E-state index in [-0.39, 0.29) is 60.2 Å². The smallest absolute Gasteiger partial charge is 0.249 e. The van der Waals surface area contributed by atoms with E-state index in [1.54, 1.807) is 23.8 Å². The summed E-state index contributed by atoms with van der Waals surface area (Å²) in [6, 6.07) is -2.13. The Balaban J connectivity index is 2.26. The Morgan fingerprint density at radius 3 is 2.00 bits per heavy atom. The third kappa shape index (κ3) is 9.52. The molecule has 0 aromatic carbocycles. The average Bonchev–Trinajstić information content (AvgIpc) is 3.45. The van der Waals surface area contributed by atoms with E-state index < -0.39 is 23.5 Å². The molecule has 0 saturated carbocycles. The molecular weight excluding hydrogens is 558 g/mol. The molecule has 10 nitrogen and oxygen atoms in total. The van der Waals surface area contributed by atoms with Crippen molar-refractivity contribution in [2.75, 3.05) is 26.7 Å². The number of rotatable bonds is 12. The molecule has 0 aromatic heterocycles. The number of likely N-dealkylation sites (N-methyl/N-ethyl adjacent to an activating group) is 1. The van der Waals surface area contributed by atoms with Gasteiger partial charge >= 0.3 is 0 Å². The molecule has 1 unspecified atom stereocenters. The van der Waals surface area contributed by atoms with Gasteiger partial charge in [0, 0.05) is 25.2 Å². The zero-order valence-corrected chi connectivity index (χ0v) is 29.3. The molecule has 4 amide bonds. The van der Waals surface area contributed by atoms with Crippen LogP contribution in [0.25, 0.3) is 0 Å². The number of likely N-dealkylation sites (tertiary alicyclic amines) is 2. The second-order valence-corrected chi connectivity index (χ2v) is 14.9. The number of hydrogen-bond acceptors (Lipinski definition) is 6. The molecule has 0 spiro atoms. The van der Waals surface area contributed by atoms with Gasteiger partial charge in [0.2, 0.25) is 23.6 Å². The first-order valence-corrected chi connectivity index (χ1v) is 16.7. The molecule has 3 N–H and O–H groups in total. The molecule has 0 radical (unpaired) electrons. The fourth-order valence-corrected chi connectivity index (χ4v) is 6.38. The normalized spacial score (nSPS) is 22.2. The van der Waals surface area contributed by atoms with Crippen molar-refractivity contribution >= 4 is 23.6 Å². The van der Waals surface area contributed by atoms with Crippen molar-refractivity contribution in [3.63, 3.8) is 0 Å². The van der Waals surface area contributed by atoms with Gasteiger partial charge in [-0.05, 0) is 70.3 Å². The van der Waals surface area contributed by atoms with Gasteiger partial charge in [-0.25, -0.2) is 0 Å². The summed E-state index contributed by atoms with van der Waals surface area (Å²) in [4.78, 5) is 59.9. The maximum atomic E-state index is 14.1. The maximum absolute atomic E-state index is 14.1. The summed E-state index contributed by atoms with van der Waals surface area (Å²) in [5.41, 5.74) is -0.0655. The van der Waals surface area contributed by atoms with E-state index >= 15 is 0 Å². The van der Waals surface area contributed by atoms with E-state index in [0.29, 0.717) is 18.5 Å². The van der Waals surface area contributed by atoms with Crippen LogP contribution in [0.1, 0.15) is 101 Å². The zero-order valence-electron chi connectivity index (χ0n) is 29.3. The lowest BCUT2D eigenvalue weighted by Gasteiger charge is -2.41. The van der Waals surface area contributed by atoms with Crippen molar-refractivity contribution in [2.45, 2.75) is 138 Å². The van der Waals surface area contributed by atoms with E-state index in [1.807, 2.05) is 54.5 Å². The van der Waals surface area contributed by atoms with E-state index in [4.69, 9.17) is 0 Å². The summed E-state index contributed by atoms with van der Waals surface area (Å²) in [6.45, 7) is 20.9. The van der Waals surface area contributed by atoms with Gasteiger partial charge in [-0.1, -0.05) is 61.0 Å². The summed E-state index contributed by atoms with van der Waals surface area (Å²) in [5, 5.41) is 15.7. The summed E-state index contributed by atoms with van der Waals surface area (Å²) >= 11 is 0. The van der Waals surface area contributed by atoms with Crippen LogP contribution in [0.5, 0.6) is 0 Å². The van der Waals surface area contributed by atoms with E-state index in [1.165, 1.54) is 0 Å². The molecule has 2 aliphatic heterocycles. The molecule has 2 fully saturated rings. The Labute approximate surface area is 266 Å². The molecule has 5 atom stereocenters. The minimum atomic E-state index is -0.742. The second kappa shape index (κ2) is 16.2. The fraction of sp³-hybridized carbons (Fsp3) is 0.824. The van der Waals surface area contributed by atoms with Crippen LogP contribution in [0.15, 0.2) is 11.6 Å². The predicted octanol–water partition coefficient (Wildman–Crippen LogP) is 3.33. The fourth-order valence-electron chi connectivity index (χ4n) is 6.38. The molecule has 252 valence electrons. The summed E-state index contributed by atoms with van der Waals surface area (Å²) in [5.74, 6) is -0.730. The van der Waals surface area contributed by atoms with Crippen LogP contribution in [0, 0.1) is 17.3 Å². The Morgan fingerprint density at radius 2 is 1.48 bits per heavy atom. The molecule has 10 heteroatoms. The van der Waals surface area contributed by atoms with Gasteiger partial charge < -0.3 is 25.5 Å². The number of piperidine rings is 1. The highest BCUT2D eigenvalue weighted by atomic mass is 16.3. The van der Waals surface area contributed by atoms with Crippen molar-refractivity contribution in [3.8, 4) is 0 Å². The maximum Gasteiger partial charge on any atom is 0.249 e. The highest BCUT2D eigenvalue weighted by Gasteiger charge is 2.40. The van der Waals surface area contributed by atoms with Crippen LogP contribution >= 0.6 is 0 Å². The van der Waals surface area contributed by atoms with Crippen LogP contribution in [-0.2, 0) is 19.2 Å². The Morgan fingerprint density at radius 1 is 0.886 bits per heavy atom. The Hall–Kier alpha value is -2.46. The highest BCUT2D eigenvalue weighted by molar-refractivity contribution is 5.97. The molecule has 44 heavy (non-hydrogen) atoms. The first-order chi connectivity index (χ1) is 20.4. The first-order valence-electron chi connectivity index (χ1n) is 16.7. The lowest BCUT2D eigenvalue weighted by molar-refractivity contribution is -0.142. The molecule has 2 saturated heterocycles. The number of aliphatic hydroxyl groups is 1. The summed E-state index contributed by atoms with van der Waals surface area (Å²) < 4.78 is 0. The van der Waals surface area contributed by atoms with Gasteiger partial charge in [0.15, 0.2) is 0 Å². The molecule has 0 bridgehead atoms. The minimum absolute atomic E-state index is 0.00757. The number of hydrogen-bond donors (Lipinski definition) is 3.